The van der Waals surface area contributed by atoms with E-state index >= 15 is 0 Å². The highest BCUT2D eigenvalue weighted by atomic mass is 16.5. The van der Waals surface area contributed by atoms with Crippen LogP contribution in [0, 0.1) is 20.8 Å². The number of fused-ring (bicyclic) bond motifs is 1. The summed E-state index contributed by atoms with van der Waals surface area (Å²) in [4.78, 5) is 24.7. The van der Waals surface area contributed by atoms with Crippen LogP contribution in [0.5, 0.6) is 0 Å². The quantitative estimate of drug-likeness (QED) is 0.640. The summed E-state index contributed by atoms with van der Waals surface area (Å²) < 4.78 is 7.02. The van der Waals surface area contributed by atoms with Crippen LogP contribution < -0.4 is 5.56 Å². The van der Waals surface area contributed by atoms with Crippen LogP contribution in [0.3, 0.4) is 0 Å². The molecule has 0 unspecified atom stereocenters. The van der Waals surface area contributed by atoms with E-state index in [4.69, 9.17) is 4.74 Å². The Labute approximate surface area is 159 Å². The fraction of sp³-hybridized carbons (Fsp3) is 0.304. The molecule has 1 heterocycles. The lowest BCUT2D eigenvalue weighted by Crippen LogP contribution is -2.21. The molecule has 1 aromatic heterocycles. The second kappa shape index (κ2) is 7.39. The lowest BCUT2D eigenvalue weighted by atomic mass is 10.0. The number of aromatic nitrogens is 1. The number of carbonyl (C=O) groups is 1. The summed E-state index contributed by atoms with van der Waals surface area (Å²) in [6, 6.07) is 13.2. The van der Waals surface area contributed by atoms with Gasteiger partial charge in [-0.1, -0.05) is 23.8 Å². The molecular weight excluding hydrogens is 338 g/mol. The largest absolute Gasteiger partial charge is 0.459 e. The molecule has 0 aliphatic heterocycles. The van der Waals surface area contributed by atoms with E-state index in [0.717, 1.165) is 27.6 Å². The number of benzene rings is 2. The topological polar surface area (TPSA) is 48.3 Å². The SMILES string of the molecule is Cc1cc(C)c2c(c1)c(C)cc(=O)n2Cc1ccc(C(=O)OC(C)C)cc1. The van der Waals surface area contributed by atoms with Gasteiger partial charge in [0.15, 0.2) is 0 Å². The van der Waals surface area contributed by atoms with Crippen LogP contribution in [0.4, 0.5) is 0 Å². The van der Waals surface area contributed by atoms with Gasteiger partial charge in [-0.15, -0.1) is 0 Å². The van der Waals surface area contributed by atoms with Crippen LogP contribution in [0.15, 0.2) is 47.3 Å². The Kier molecular flexibility index (Phi) is 5.17. The molecule has 0 N–H and O–H groups in total. The number of nitrogens with zero attached hydrogens (tertiary/aromatic N) is 1. The van der Waals surface area contributed by atoms with Crippen LogP contribution in [0.2, 0.25) is 0 Å². The minimum absolute atomic E-state index is 0.0183. The highest BCUT2D eigenvalue weighted by Gasteiger charge is 2.12. The first-order valence-corrected chi connectivity index (χ1v) is 9.17. The Balaban J connectivity index is 2.00. The summed E-state index contributed by atoms with van der Waals surface area (Å²) >= 11 is 0. The molecule has 3 rings (SSSR count). The van der Waals surface area contributed by atoms with Crippen LogP contribution in [-0.2, 0) is 11.3 Å². The van der Waals surface area contributed by atoms with Crippen LogP contribution in [0.25, 0.3) is 10.9 Å². The van der Waals surface area contributed by atoms with E-state index in [2.05, 4.69) is 19.1 Å². The zero-order valence-corrected chi connectivity index (χ0v) is 16.5. The first-order chi connectivity index (χ1) is 12.8. The summed E-state index contributed by atoms with van der Waals surface area (Å²) in [5, 5.41) is 1.10. The molecule has 0 atom stereocenters. The highest BCUT2D eigenvalue weighted by molar-refractivity contribution is 5.89. The minimum Gasteiger partial charge on any atom is -0.459 e. The average molecular weight is 363 g/mol. The predicted molar refractivity (Wildman–Crippen MR) is 109 cm³/mol. The predicted octanol–water partition coefficient (Wildman–Crippen LogP) is 4.54. The average Bonchev–Trinajstić information content (AvgIpc) is 2.58. The van der Waals surface area contributed by atoms with Crippen molar-refractivity contribution in [3.63, 3.8) is 0 Å². The summed E-state index contributed by atoms with van der Waals surface area (Å²) in [5.41, 5.74) is 5.68. The molecule has 2 aromatic carbocycles. The van der Waals surface area contributed by atoms with Crippen molar-refractivity contribution >= 4 is 16.9 Å². The Bertz CT molecular complexity index is 1060. The molecule has 3 aromatic rings. The molecule has 0 aliphatic rings. The fourth-order valence-electron chi connectivity index (χ4n) is 3.44. The normalized spacial score (nSPS) is 11.2. The van der Waals surface area contributed by atoms with Gasteiger partial charge >= 0.3 is 5.97 Å². The molecule has 0 spiro atoms. The molecule has 4 heteroatoms. The molecular formula is C23H25NO3. The van der Waals surface area contributed by atoms with Gasteiger partial charge in [0, 0.05) is 11.5 Å². The van der Waals surface area contributed by atoms with E-state index in [0.29, 0.717) is 12.1 Å². The van der Waals surface area contributed by atoms with E-state index in [1.54, 1.807) is 22.8 Å². The zero-order valence-electron chi connectivity index (χ0n) is 16.5. The van der Waals surface area contributed by atoms with Crippen LogP contribution in [0.1, 0.15) is 46.5 Å². The number of carbonyl (C=O) groups excluding carboxylic acids is 1. The van der Waals surface area contributed by atoms with Crippen molar-refractivity contribution in [3.05, 3.63) is 80.6 Å². The fourth-order valence-corrected chi connectivity index (χ4v) is 3.44. The lowest BCUT2D eigenvalue weighted by molar-refractivity contribution is 0.0378. The number of pyridine rings is 1. The summed E-state index contributed by atoms with van der Waals surface area (Å²) in [6.45, 7) is 10.2. The molecule has 0 saturated heterocycles. The first kappa shape index (κ1) is 18.9. The third-order valence-electron chi connectivity index (χ3n) is 4.62. The standard InChI is InChI=1S/C23H25NO3/c1-14(2)27-23(26)19-8-6-18(7-9-19)13-24-21(25)12-16(4)20-11-15(3)10-17(5)22(20)24/h6-12,14H,13H2,1-5H3. The Morgan fingerprint density at radius 3 is 2.30 bits per heavy atom. The number of hydrogen-bond donors (Lipinski definition) is 0. The summed E-state index contributed by atoms with van der Waals surface area (Å²) in [7, 11) is 0. The van der Waals surface area contributed by atoms with Gasteiger partial charge in [-0.25, -0.2) is 4.79 Å². The molecule has 4 nitrogen and oxygen atoms in total. The molecule has 0 aliphatic carbocycles. The maximum atomic E-state index is 12.7. The van der Waals surface area contributed by atoms with Gasteiger partial charge in [0.25, 0.3) is 5.56 Å². The van der Waals surface area contributed by atoms with Crippen molar-refractivity contribution in [1.82, 2.24) is 4.57 Å². The van der Waals surface area contributed by atoms with Gasteiger partial charge < -0.3 is 9.30 Å². The van der Waals surface area contributed by atoms with E-state index in [1.165, 1.54) is 5.56 Å². The van der Waals surface area contributed by atoms with Crippen LogP contribution in [-0.4, -0.2) is 16.6 Å². The van der Waals surface area contributed by atoms with E-state index in [-0.39, 0.29) is 17.6 Å². The maximum absolute atomic E-state index is 12.7. The smallest absolute Gasteiger partial charge is 0.338 e. The van der Waals surface area contributed by atoms with Crippen molar-refractivity contribution in [1.29, 1.82) is 0 Å². The molecule has 0 fully saturated rings. The zero-order chi connectivity index (χ0) is 19.7. The number of ether oxygens (including phenoxy) is 1. The van der Waals surface area contributed by atoms with Gasteiger partial charge in [-0.2, -0.15) is 0 Å². The Morgan fingerprint density at radius 2 is 1.67 bits per heavy atom. The summed E-state index contributed by atoms with van der Waals surface area (Å²) in [5.74, 6) is -0.333. The van der Waals surface area contributed by atoms with Gasteiger partial charge in [0.05, 0.1) is 23.7 Å². The molecule has 0 bridgehead atoms. The highest BCUT2D eigenvalue weighted by Crippen LogP contribution is 2.23. The summed E-state index contributed by atoms with van der Waals surface area (Å²) in [6.07, 6.45) is -0.152. The van der Waals surface area contributed by atoms with Crippen molar-refractivity contribution < 1.29 is 9.53 Å². The molecule has 27 heavy (non-hydrogen) atoms. The molecule has 0 radical (unpaired) electrons. The monoisotopic (exact) mass is 363 g/mol. The van der Waals surface area contributed by atoms with E-state index < -0.39 is 0 Å². The third-order valence-corrected chi connectivity index (χ3v) is 4.62. The van der Waals surface area contributed by atoms with Crippen molar-refractivity contribution in [2.45, 2.75) is 47.3 Å². The second-order valence-electron chi connectivity index (χ2n) is 7.38. The maximum Gasteiger partial charge on any atom is 0.338 e. The van der Waals surface area contributed by atoms with E-state index in [1.807, 2.05) is 39.8 Å². The Hall–Kier alpha value is -2.88. The molecule has 0 amide bonds. The lowest BCUT2D eigenvalue weighted by Gasteiger charge is -2.15. The minimum atomic E-state index is -0.333. The molecule has 0 saturated carbocycles. The van der Waals surface area contributed by atoms with Crippen molar-refractivity contribution in [2.24, 2.45) is 0 Å². The van der Waals surface area contributed by atoms with Gasteiger partial charge in [0.2, 0.25) is 0 Å². The van der Waals surface area contributed by atoms with Gasteiger partial charge in [-0.05, 0) is 69.5 Å². The van der Waals surface area contributed by atoms with Gasteiger partial charge in [-0.3, -0.25) is 4.79 Å². The number of esters is 1. The Morgan fingerprint density at radius 1 is 1.00 bits per heavy atom. The number of aryl methyl sites for hydroxylation is 3. The second-order valence-corrected chi connectivity index (χ2v) is 7.38. The van der Waals surface area contributed by atoms with E-state index in [9.17, 15) is 9.59 Å². The number of hydrogen-bond acceptors (Lipinski definition) is 3. The molecule has 140 valence electrons. The first-order valence-electron chi connectivity index (χ1n) is 9.17. The van der Waals surface area contributed by atoms with Gasteiger partial charge in [0.1, 0.15) is 0 Å². The third kappa shape index (κ3) is 3.95. The van der Waals surface area contributed by atoms with Crippen molar-refractivity contribution in [2.75, 3.05) is 0 Å². The number of rotatable bonds is 4. The van der Waals surface area contributed by atoms with Crippen LogP contribution >= 0.6 is 0 Å². The van der Waals surface area contributed by atoms with Crippen molar-refractivity contribution in [3.8, 4) is 0 Å².